The molecule has 6 aromatic rings. The number of carbonyl (C=O) groups is 4. The van der Waals surface area contributed by atoms with E-state index >= 15 is 0 Å². The predicted octanol–water partition coefficient (Wildman–Crippen LogP) is 5.54. The molecule has 0 spiro atoms. The van der Waals surface area contributed by atoms with Crippen molar-refractivity contribution in [2.24, 2.45) is 14.1 Å². The second kappa shape index (κ2) is 12.2. The Balaban J connectivity index is 1.08. The number of rotatable bonds is 7. The first-order valence-corrected chi connectivity index (χ1v) is 15.9. The highest BCUT2D eigenvalue weighted by molar-refractivity contribution is 6.19. The third-order valence-electron chi connectivity index (χ3n) is 8.56. The minimum Gasteiger partial charge on any atom is -0.507 e. The number of aromatic nitrogens is 4. The first kappa shape index (κ1) is 31.5. The van der Waals surface area contributed by atoms with E-state index in [1.807, 2.05) is 24.3 Å². The summed E-state index contributed by atoms with van der Waals surface area (Å²) in [6, 6.07) is 17.7. The van der Waals surface area contributed by atoms with E-state index in [1.54, 1.807) is 66.2 Å². The van der Waals surface area contributed by atoms with E-state index in [1.165, 1.54) is 17.7 Å². The molecule has 0 bridgehead atoms. The number of benzene rings is 3. The Labute approximate surface area is 284 Å². The van der Waals surface area contributed by atoms with Gasteiger partial charge in [0, 0.05) is 79.8 Å². The Kier molecular flexibility index (Phi) is 7.83. The Hall–Kier alpha value is -6.08. The minimum absolute atomic E-state index is 0.0794. The number of H-pyrrole nitrogens is 1. The van der Waals surface area contributed by atoms with Gasteiger partial charge in [-0.25, -0.2) is 4.98 Å². The maximum Gasteiger partial charge on any atom is 0.291 e. The second-order valence-electron chi connectivity index (χ2n) is 12.0. The zero-order valence-corrected chi connectivity index (χ0v) is 27.4. The first-order chi connectivity index (χ1) is 23.5. The molecule has 0 saturated heterocycles. The third kappa shape index (κ3) is 5.74. The average Bonchev–Trinajstić information content (AvgIpc) is 3.84. The molecule has 1 aliphatic heterocycles. The van der Waals surface area contributed by atoms with Crippen LogP contribution < -0.4 is 20.9 Å². The monoisotopic (exact) mass is 678 g/mol. The standard InChI is InChI=1S/C35H31ClN8O5/c1-18(45)37-30-17-43(3)32(41-30)34(48)39-22-12-28(42(2)16-22)33(47)38-21-8-9-25-19(10-21)11-26(40-25)35(49)44-15-20(14-36)31-24-7-5-4-6-23(24)29(46)13-27(31)44/h4-13,16-17,20,40,46H,14-15H2,1-3H3,(H,37,45)(H,38,47)(H,39,48)/t20-/m1/s1. The molecule has 4 heterocycles. The predicted molar refractivity (Wildman–Crippen MR) is 188 cm³/mol. The molecule has 0 fully saturated rings. The van der Waals surface area contributed by atoms with Gasteiger partial charge in [0.1, 0.15) is 17.1 Å². The molecule has 1 aliphatic rings. The number of nitrogens with one attached hydrogen (secondary N) is 4. The highest BCUT2D eigenvalue weighted by Crippen LogP contribution is 2.45. The number of nitrogens with zero attached hydrogens (tertiary/aromatic N) is 4. The van der Waals surface area contributed by atoms with E-state index in [0.29, 0.717) is 51.5 Å². The van der Waals surface area contributed by atoms with Crippen LogP contribution in [-0.4, -0.2) is 60.3 Å². The lowest BCUT2D eigenvalue weighted by Crippen LogP contribution is -2.30. The van der Waals surface area contributed by atoms with Gasteiger partial charge in [-0.05, 0) is 41.3 Å². The van der Waals surface area contributed by atoms with Crippen LogP contribution in [0.25, 0.3) is 21.7 Å². The van der Waals surface area contributed by atoms with Crippen LogP contribution in [0.3, 0.4) is 0 Å². The summed E-state index contributed by atoms with van der Waals surface area (Å²) in [6.07, 6.45) is 3.13. The van der Waals surface area contributed by atoms with Gasteiger partial charge < -0.3 is 40.1 Å². The van der Waals surface area contributed by atoms with Crippen molar-refractivity contribution < 1.29 is 24.3 Å². The lowest BCUT2D eigenvalue weighted by atomic mass is 9.95. The van der Waals surface area contributed by atoms with Crippen LogP contribution in [0.5, 0.6) is 5.75 Å². The van der Waals surface area contributed by atoms with Crippen LogP contribution in [0.1, 0.15) is 50.0 Å². The number of amides is 4. The quantitative estimate of drug-likeness (QED) is 0.139. The summed E-state index contributed by atoms with van der Waals surface area (Å²) in [4.78, 5) is 60.3. The van der Waals surface area contributed by atoms with Crippen molar-refractivity contribution in [3.63, 3.8) is 0 Å². The summed E-state index contributed by atoms with van der Waals surface area (Å²) in [5.41, 5.74) is 3.80. The second-order valence-corrected chi connectivity index (χ2v) is 12.3. The van der Waals surface area contributed by atoms with Crippen LogP contribution in [0.15, 0.2) is 73.1 Å². The number of fused-ring (bicyclic) bond motifs is 4. The van der Waals surface area contributed by atoms with Crippen LogP contribution in [0.2, 0.25) is 0 Å². The zero-order chi connectivity index (χ0) is 34.6. The summed E-state index contributed by atoms with van der Waals surface area (Å²) in [7, 11) is 3.31. The van der Waals surface area contributed by atoms with E-state index in [2.05, 4.69) is 25.9 Å². The van der Waals surface area contributed by atoms with E-state index in [-0.39, 0.29) is 40.8 Å². The number of anilines is 4. The first-order valence-electron chi connectivity index (χ1n) is 15.4. The molecule has 0 aliphatic carbocycles. The molecular formula is C35H31ClN8O5. The Morgan fingerprint density at radius 3 is 2.43 bits per heavy atom. The molecule has 49 heavy (non-hydrogen) atoms. The Morgan fingerprint density at radius 1 is 0.918 bits per heavy atom. The average molecular weight is 679 g/mol. The van der Waals surface area contributed by atoms with Crippen LogP contribution in [0.4, 0.5) is 22.9 Å². The molecule has 0 unspecified atom stereocenters. The van der Waals surface area contributed by atoms with E-state index in [0.717, 1.165) is 10.9 Å². The lowest BCUT2D eigenvalue weighted by molar-refractivity contribution is -0.114. The smallest absolute Gasteiger partial charge is 0.291 e. The Morgan fingerprint density at radius 2 is 1.67 bits per heavy atom. The number of halogens is 1. The SMILES string of the molecule is CC(=O)Nc1cn(C)c(C(=O)Nc2cc(C(=O)Nc3ccc4[nH]c(C(=O)N5C[C@@H](CCl)c6c5cc(O)c5ccccc65)cc4c3)n(C)c2)n1. The number of alkyl halides is 1. The summed E-state index contributed by atoms with van der Waals surface area (Å²) < 4.78 is 3.07. The number of phenolic OH excluding ortho intramolecular Hbond substituents is 1. The molecule has 13 nitrogen and oxygen atoms in total. The normalized spacial score (nSPS) is 13.9. The van der Waals surface area contributed by atoms with E-state index < -0.39 is 11.8 Å². The molecule has 248 valence electrons. The summed E-state index contributed by atoms with van der Waals surface area (Å²) >= 11 is 6.36. The highest BCUT2D eigenvalue weighted by atomic mass is 35.5. The van der Waals surface area contributed by atoms with E-state index in [9.17, 15) is 24.3 Å². The molecule has 0 saturated carbocycles. The number of phenols is 1. The van der Waals surface area contributed by atoms with Gasteiger partial charge in [0.05, 0.1) is 11.4 Å². The van der Waals surface area contributed by atoms with Crippen molar-refractivity contribution in [3.8, 4) is 5.75 Å². The molecule has 3 aromatic carbocycles. The van der Waals surface area contributed by atoms with Gasteiger partial charge in [0.2, 0.25) is 11.7 Å². The zero-order valence-electron chi connectivity index (χ0n) is 26.7. The third-order valence-corrected chi connectivity index (χ3v) is 8.94. The van der Waals surface area contributed by atoms with Gasteiger partial charge in [-0.2, -0.15) is 0 Å². The number of hydrogen-bond donors (Lipinski definition) is 5. The number of aryl methyl sites for hydroxylation is 2. The summed E-state index contributed by atoms with van der Waals surface area (Å²) in [6.45, 7) is 1.72. The van der Waals surface area contributed by atoms with Crippen molar-refractivity contribution in [1.82, 2.24) is 19.1 Å². The molecule has 4 amide bonds. The summed E-state index contributed by atoms with van der Waals surface area (Å²) in [5, 5.41) is 21.2. The number of imidazole rings is 1. The van der Waals surface area contributed by atoms with Crippen molar-refractivity contribution in [2.75, 3.05) is 33.3 Å². The molecular weight excluding hydrogens is 648 g/mol. The van der Waals surface area contributed by atoms with Gasteiger partial charge in [-0.15, -0.1) is 11.6 Å². The number of aromatic amines is 1. The number of aromatic hydroxyl groups is 1. The van der Waals surface area contributed by atoms with Crippen molar-refractivity contribution in [2.45, 2.75) is 12.8 Å². The fourth-order valence-electron chi connectivity index (χ4n) is 6.37. The Bertz CT molecular complexity index is 2340. The molecule has 0 radical (unpaired) electrons. The van der Waals surface area contributed by atoms with E-state index in [4.69, 9.17) is 11.6 Å². The van der Waals surface area contributed by atoms with Gasteiger partial charge in [0.15, 0.2) is 5.82 Å². The largest absolute Gasteiger partial charge is 0.507 e. The van der Waals surface area contributed by atoms with Crippen LogP contribution in [-0.2, 0) is 18.9 Å². The fourth-order valence-corrected chi connectivity index (χ4v) is 6.63. The fraction of sp³-hybridized carbons (Fsp3) is 0.171. The topological polar surface area (TPSA) is 166 Å². The number of hydrogen-bond acceptors (Lipinski definition) is 6. The minimum atomic E-state index is -0.513. The van der Waals surface area contributed by atoms with Gasteiger partial charge in [0.25, 0.3) is 17.7 Å². The molecule has 14 heteroatoms. The molecule has 7 rings (SSSR count). The van der Waals surface area contributed by atoms with Crippen LogP contribution >= 0.6 is 11.6 Å². The maximum atomic E-state index is 13.9. The summed E-state index contributed by atoms with van der Waals surface area (Å²) in [5.74, 6) is -0.846. The number of carbonyl (C=O) groups excluding carboxylic acids is 4. The van der Waals surface area contributed by atoms with Gasteiger partial charge in [-0.1, -0.05) is 24.3 Å². The van der Waals surface area contributed by atoms with Crippen molar-refractivity contribution in [3.05, 3.63) is 95.8 Å². The van der Waals surface area contributed by atoms with Crippen molar-refractivity contribution in [1.29, 1.82) is 0 Å². The lowest BCUT2D eigenvalue weighted by Gasteiger charge is -2.17. The molecule has 5 N–H and O–H groups in total. The molecule has 1 atom stereocenters. The van der Waals surface area contributed by atoms with Crippen molar-refractivity contribution >= 4 is 79.8 Å². The maximum absolute atomic E-state index is 13.9. The van der Waals surface area contributed by atoms with Gasteiger partial charge >= 0.3 is 0 Å². The van der Waals surface area contributed by atoms with Gasteiger partial charge in [-0.3, -0.25) is 19.2 Å². The van der Waals surface area contributed by atoms with Crippen LogP contribution in [0, 0.1) is 0 Å². The molecule has 3 aromatic heterocycles. The highest BCUT2D eigenvalue weighted by Gasteiger charge is 2.35.